The van der Waals surface area contributed by atoms with Gasteiger partial charge in [-0.25, -0.2) is 4.98 Å². The number of halogens is 1. The van der Waals surface area contributed by atoms with E-state index in [-0.39, 0.29) is 24.0 Å². The normalized spacial score (nSPS) is 11.0. The zero-order chi connectivity index (χ0) is 18.8. The van der Waals surface area contributed by atoms with Crippen molar-refractivity contribution in [1.82, 2.24) is 15.2 Å². The van der Waals surface area contributed by atoms with Gasteiger partial charge in [-0.1, -0.05) is 18.2 Å². The molecule has 0 radical (unpaired) electrons. The summed E-state index contributed by atoms with van der Waals surface area (Å²) in [6.07, 6.45) is 0. The van der Waals surface area contributed by atoms with Gasteiger partial charge < -0.3 is 19.7 Å². The molecular formula is C19H29IN4O2S. The zero-order valence-electron chi connectivity index (χ0n) is 16.4. The molecule has 1 heterocycles. The number of aromatic nitrogens is 1. The second-order valence-electron chi connectivity index (χ2n) is 5.81. The second-order valence-corrected chi connectivity index (χ2v) is 6.88. The maximum atomic E-state index is 5.75. The highest BCUT2D eigenvalue weighted by molar-refractivity contribution is 14.0. The third-order valence-corrected chi connectivity index (χ3v) is 4.53. The summed E-state index contributed by atoms with van der Waals surface area (Å²) in [5, 5.41) is 6.48. The van der Waals surface area contributed by atoms with Gasteiger partial charge >= 0.3 is 0 Å². The average molecular weight is 504 g/mol. The number of methoxy groups -OCH3 is 1. The molecule has 0 saturated heterocycles. The van der Waals surface area contributed by atoms with Crippen LogP contribution in [0.2, 0.25) is 0 Å². The Labute approximate surface area is 183 Å². The third kappa shape index (κ3) is 8.02. The van der Waals surface area contributed by atoms with E-state index >= 15 is 0 Å². The molecule has 0 unspecified atom stereocenters. The molecule has 0 spiro atoms. The van der Waals surface area contributed by atoms with Crippen molar-refractivity contribution in [1.29, 1.82) is 0 Å². The molecule has 2 rings (SSSR count). The Hall–Kier alpha value is -1.39. The van der Waals surface area contributed by atoms with Gasteiger partial charge in [0.2, 0.25) is 0 Å². The van der Waals surface area contributed by atoms with E-state index in [1.165, 1.54) is 0 Å². The van der Waals surface area contributed by atoms with E-state index in [1.807, 2.05) is 38.2 Å². The first-order valence-corrected chi connectivity index (χ1v) is 9.62. The summed E-state index contributed by atoms with van der Waals surface area (Å²) in [7, 11) is 3.69. The lowest BCUT2D eigenvalue weighted by molar-refractivity contribution is 0.126. The molecule has 0 aliphatic heterocycles. The lowest BCUT2D eigenvalue weighted by Gasteiger charge is -2.21. The number of benzene rings is 1. The Morgan fingerprint density at radius 3 is 2.78 bits per heavy atom. The van der Waals surface area contributed by atoms with Gasteiger partial charge in [0.1, 0.15) is 5.75 Å². The summed E-state index contributed by atoms with van der Waals surface area (Å²) in [6.45, 7) is 7.30. The Kier molecular flexibility index (Phi) is 11.3. The van der Waals surface area contributed by atoms with E-state index in [4.69, 9.17) is 9.47 Å². The van der Waals surface area contributed by atoms with Crippen molar-refractivity contribution < 1.29 is 9.47 Å². The van der Waals surface area contributed by atoms with E-state index in [0.29, 0.717) is 19.8 Å². The molecule has 0 bridgehead atoms. The number of nitrogens with one attached hydrogen (secondary N) is 1. The molecule has 27 heavy (non-hydrogen) atoms. The quantitative estimate of drug-likeness (QED) is 0.244. The van der Waals surface area contributed by atoms with Crippen LogP contribution in [0, 0.1) is 6.92 Å². The van der Waals surface area contributed by atoms with Gasteiger partial charge in [-0.05, 0) is 19.9 Å². The number of hydrogen-bond acceptors (Lipinski definition) is 5. The number of hydrogen-bond donors (Lipinski definition) is 1. The molecule has 6 nitrogen and oxygen atoms in total. The number of guanidine groups is 1. The maximum Gasteiger partial charge on any atom is 0.194 e. The predicted octanol–water partition coefficient (Wildman–Crippen LogP) is 3.69. The van der Waals surface area contributed by atoms with Crippen molar-refractivity contribution >= 4 is 41.3 Å². The first-order chi connectivity index (χ1) is 12.6. The van der Waals surface area contributed by atoms with Crippen molar-refractivity contribution in [3.05, 3.63) is 45.9 Å². The first-order valence-electron chi connectivity index (χ1n) is 8.74. The molecule has 0 saturated carbocycles. The minimum Gasteiger partial charge on any atom is -0.496 e. The molecule has 1 aromatic carbocycles. The van der Waals surface area contributed by atoms with Crippen LogP contribution in [-0.4, -0.2) is 49.7 Å². The maximum absolute atomic E-state index is 5.75. The molecule has 150 valence electrons. The van der Waals surface area contributed by atoms with Crippen LogP contribution in [0.3, 0.4) is 0 Å². The SMILES string of the molecule is CCNC(=NCCOCc1ccccc1OC)N(C)Cc1csc(C)n1.I. The smallest absolute Gasteiger partial charge is 0.194 e. The van der Waals surface area contributed by atoms with Gasteiger partial charge in [0.05, 0.1) is 44.1 Å². The second kappa shape index (κ2) is 12.9. The van der Waals surface area contributed by atoms with Gasteiger partial charge in [-0.2, -0.15) is 0 Å². The molecule has 0 aliphatic rings. The summed E-state index contributed by atoms with van der Waals surface area (Å²) in [5.41, 5.74) is 2.11. The van der Waals surface area contributed by atoms with Crippen LogP contribution < -0.4 is 10.1 Å². The minimum atomic E-state index is 0. The Morgan fingerprint density at radius 2 is 2.11 bits per heavy atom. The van der Waals surface area contributed by atoms with Gasteiger partial charge in [0.15, 0.2) is 5.96 Å². The molecule has 1 aromatic heterocycles. The highest BCUT2D eigenvalue weighted by Gasteiger charge is 2.08. The van der Waals surface area contributed by atoms with Crippen molar-refractivity contribution in [3.8, 4) is 5.75 Å². The van der Waals surface area contributed by atoms with Gasteiger partial charge in [-0.15, -0.1) is 35.3 Å². The van der Waals surface area contributed by atoms with E-state index in [1.54, 1.807) is 18.4 Å². The van der Waals surface area contributed by atoms with Crippen molar-refractivity contribution in [2.75, 3.05) is 33.9 Å². The average Bonchev–Trinajstić information content (AvgIpc) is 3.05. The Balaban J connectivity index is 0.00000364. The lowest BCUT2D eigenvalue weighted by atomic mass is 10.2. The fourth-order valence-corrected chi connectivity index (χ4v) is 3.09. The summed E-state index contributed by atoms with van der Waals surface area (Å²) in [4.78, 5) is 11.2. The molecule has 1 N–H and O–H groups in total. The molecule has 0 atom stereocenters. The number of thiazole rings is 1. The minimum absolute atomic E-state index is 0. The third-order valence-electron chi connectivity index (χ3n) is 3.71. The molecule has 0 amide bonds. The number of ether oxygens (including phenoxy) is 2. The van der Waals surface area contributed by atoms with E-state index < -0.39 is 0 Å². The summed E-state index contributed by atoms with van der Waals surface area (Å²) >= 11 is 1.67. The predicted molar refractivity (Wildman–Crippen MR) is 122 cm³/mol. The highest BCUT2D eigenvalue weighted by atomic mass is 127. The van der Waals surface area contributed by atoms with Crippen LogP contribution in [0.15, 0.2) is 34.6 Å². The Bertz CT molecular complexity index is 709. The van der Waals surface area contributed by atoms with Crippen LogP contribution in [0.4, 0.5) is 0 Å². The highest BCUT2D eigenvalue weighted by Crippen LogP contribution is 2.17. The van der Waals surface area contributed by atoms with Crippen LogP contribution in [0.25, 0.3) is 0 Å². The number of nitrogens with zero attached hydrogens (tertiary/aromatic N) is 3. The van der Waals surface area contributed by atoms with E-state index in [0.717, 1.165) is 41.1 Å². The number of aryl methyl sites for hydroxylation is 1. The monoisotopic (exact) mass is 504 g/mol. The number of aliphatic imine (C=N–C) groups is 1. The number of rotatable bonds is 9. The van der Waals surface area contributed by atoms with E-state index in [2.05, 4.69) is 32.5 Å². The molecule has 2 aromatic rings. The summed E-state index contributed by atoms with van der Waals surface area (Å²) < 4.78 is 11.1. The zero-order valence-corrected chi connectivity index (χ0v) is 19.5. The molecular weight excluding hydrogens is 475 g/mol. The van der Waals surface area contributed by atoms with Crippen LogP contribution >= 0.6 is 35.3 Å². The van der Waals surface area contributed by atoms with Crippen LogP contribution in [0.1, 0.15) is 23.2 Å². The summed E-state index contributed by atoms with van der Waals surface area (Å²) in [6, 6.07) is 7.89. The van der Waals surface area contributed by atoms with Crippen LogP contribution in [-0.2, 0) is 17.9 Å². The van der Waals surface area contributed by atoms with E-state index in [9.17, 15) is 0 Å². The Morgan fingerprint density at radius 1 is 1.33 bits per heavy atom. The fraction of sp³-hybridized carbons (Fsp3) is 0.474. The summed E-state index contributed by atoms with van der Waals surface area (Å²) in [5.74, 6) is 1.71. The van der Waals surface area contributed by atoms with Crippen molar-refractivity contribution in [2.45, 2.75) is 27.0 Å². The number of para-hydroxylation sites is 1. The lowest BCUT2D eigenvalue weighted by Crippen LogP contribution is -2.38. The standard InChI is InChI=1S/C19H28N4O2S.HI/c1-5-20-19(23(3)12-17-14-26-15(2)22-17)21-10-11-25-13-16-8-6-7-9-18(16)24-4;/h6-9,14H,5,10-13H2,1-4H3,(H,20,21);1H. The topological polar surface area (TPSA) is 59.0 Å². The van der Waals surface area contributed by atoms with Gasteiger partial charge in [0, 0.05) is 24.5 Å². The molecule has 0 fully saturated rings. The van der Waals surface area contributed by atoms with Crippen LogP contribution in [0.5, 0.6) is 5.75 Å². The largest absolute Gasteiger partial charge is 0.496 e. The molecule has 8 heteroatoms. The van der Waals surface area contributed by atoms with Gasteiger partial charge in [-0.3, -0.25) is 4.99 Å². The van der Waals surface area contributed by atoms with Crippen molar-refractivity contribution in [3.63, 3.8) is 0 Å². The first kappa shape index (κ1) is 23.6. The molecule has 0 aliphatic carbocycles. The van der Waals surface area contributed by atoms with Crippen molar-refractivity contribution in [2.24, 2.45) is 4.99 Å². The van der Waals surface area contributed by atoms with Gasteiger partial charge in [0.25, 0.3) is 0 Å². The fourth-order valence-electron chi connectivity index (χ4n) is 2.49.